The predicted molar refractivity (Wildman–Crippen MR) is 108 cm³/mol. The lowest BCUT2D eigenvalue weighted by Crippen LogP contribution is -2.40. The van der Waals surface area contributed by atoms with Gasteiger partial charge in [0.2, 0.25) is 15.9 Å². The SMILES string of the molecule is COc1ccc2c(c1)CCN(S(=O)(=O)CCNC(=O)CCc1c(C)noc1C)C2. The normalized spacial score (nSPS) is 14.4. The molecule has 158 valence electrons. The van der Waals surface area contributed by atoms with Gasteiger partial charge in [0.15, 0.2) is 0 Å². The Hall–Kier alpha value is -2.39. The maximum Gasteiger partial charge on any atom is 0.220 e. The summed E-state index contributed by atoms with van der Waals surface area (Å²) in [6.07, 6.45) is 1.43. The lowest BCUT2D eigenvalue weighted by molar-refractivity contribution is -0.120. The molecule has 1 aromatic heterocycles. The molecule has 0 spiro atoms. The Bertz CT molecular complexity index is 964. The Labute approximate surface area is 171 Å². The Morgan fingerprint density at radius 2 is 2.10 bits per heavy atom. The fraction of sp³-hybridized carbons (Fsp3) is 0.500. The van der Waals surface area contributed by atoms with E-state index in [0.29, 0.717) is 31.7 Å². The predicted octanol–water partition coefficient (Wildman–Crippen LogP) is 1.74. The zero-order chi connectivity index (χ0) is 21.0. The van der Waals surface area contributed by atoms with E-state index in [0.717, 1.165) is 28.1 Å². The minimum absolute atomic E-state index is 0.0920. The molecule has 0 aliphatic carbocycles. The largest absolute Gasteiger partial charge is 0.497 e. The minimum atomic E-state index is -3.45. The highest BCUT2D eigenvalue weighted by Crippen LogP contribution is 2.25. The summed E-state index contributed by atoms with van der Waals surface area (Å²) in [6, 6.07) is 5.71. The standard InChI is InChI=1S/C20H27N3O5S/c1-14-19(15(2)28-22-14)6-7-20(24)21-9-11-29(25,26)23-10-8-16-12-18(27-3)5-4-17(16)13-23/h4-5,12H,6-11,13H2,1-3H3,(H,21,24). The summed E-state index contributed by atoms with van der Waals surface area (Å²) in [5, 5.41) is 6.57. The summed E-state index contributed by atoms with van der Waals surface area (Å²) in [5.74, 6) is 1.19. The number of carbonyl (C=O) groups is 1. The van der Waals surface area contributed by atoms with Crippen molar-refractivity contribution in [2.24, 2.45) is 0 Å². The number of aromatic nitrogens is 1. The first-order chi connectivity index (χ1) is 13.8. The average Bonchev–Trinajstić information content (AvgIpc) is 3.02. The Morgan fingerprint density at radius 3 is 2.79 bits per heavy atom. The van der Waals surface area contributed by atoms with E-state index in [1.54, 1.807) is 7.11 Å². The first kappa shape index (κ1) is 21.3. The monoisotopic (exact) mass is 421 g/mol. The van der Waals surface area contributed by atoms with Gasteiger partial charge in [-0.3, -0.25) is 4.79 Å². The van der Waals surface area contributed by atoms with E-state index in [1.165, 1.54) is 4.31 Å². The van der Waals surface area contributed by atoms with Crippen molar-refractivity contribution in [3.63, 3.8) is 0 Å². The number of methoxy groups -OCH3 is 1. The first-order valence-corrected chi connectivity index (χ1v) is 11.2. The average molecular weight is 422 g/mol. The van der Waals surface area contributed by atoms with Gasteiger partial charge >= 0.3 is 0 Å². The second-order valence-electron chi connectivity index (χ2n) is 7.19. The maximum absolute atomic E-state index is 12.7. The van der Waals surface area contributed by atoms with Crippen LogP contribution in [0.5, 0.6) is 5.75 Å². The molecule has 0 fully saturated rings. The Kier molecular flexibility index (Phi) is 6.59. The summed E-state index contributed by atoms with van der Waals surface area (Å²) in [7, 11) is -1.83. The van der Waals surface area contributed by atoms with E-state index >= 15 is 0 Å². The third-order valence-electron chi connectivity index (χ3n) is 5.25. The van der Waals surface area contributed by atoms with Gasteiger partial charge in [-0.1, -0.05) is 11.2 Å². The second kappa shape index (κ2) is 8.96. The van der Waals surface area contributed by atoms with E-state index in [9.17, 15) is 13.2 Å². The van der Waals surface area contributed by atoms with Crippen LogP contribution in [0.25, 0.3) is 0 Å². The Morgan fingerprint density at radius 1 is 1.31 bits per heavy atom. The smallest absolute Gasteiger partial charge is 0.220 e. The van der Waals surface area contributed by atoms with E-state index in [-0.39, 0.29) is 24.6 Å². The van der Waals surface area contributed by atoms with Crippen LogP contribution >= 0.6 is 0 Å². The molecule has 3 rings (SSSR count). The molecule has 0 radical (unpaired) electrons. The van der Waals surface area contributed by atoms with Gasteiger partial charge in [-0.2, -0.15) is 4.31 Å². The van der Waals surface area contributed by atoms with Crippen LogP contribution in [0, 0.1) is 13.8 Å². The summed E-state index contributed by atoms with van der Waals surface area (Å²) >= 11 is 0. The molecule has 8 nitrogen and oxygen atoms in total. The van der Waals surface area contributed by atoms with Crippen LogP contribution in [0.15, 0.2) is 22.7 Å². The molecule has 2 heterocycles. The van der Waals surface area contributed by atoms with Crippen molar-refractivity contribution < 1.29 is 22.5 Å². The molecule has 0 saturated carbocycles. The van der Waals surface area contributed by atoms with Crippen LogP contribution in [0.2, 0.25) is 0 Å². The molecule has 1 N–H and O–H groups in total. The fourth-order valence-corrected chi connectivity index (χ4v) is 4.83. The molecule has 29 heavy (non-hydrogen) atoms. The fourth-order valence-electron chi connectivity index (χ4n) is 3.50. The summed E-state index contributed by atoms with van der Waals surface area (Å²) in [6.45, 7) is 4.52. The molecule has 2 aromatic rings. The third kappa shape index (κ3) is 5.16. The second-order valence-corrected chi connectivity index (χ2v) is 9.28. The number of amides is 1. The maximum atomic E-state index is 12.7. The number of fused-ring (bicyclic) bond motifs is 1. The molecular formula is C20H27N3O5S. The zero-order valence-electron chi connectivity index (χ0n) is 17.0. The summed E-state index contributed by atoms with van der Waals surface area (Å²) in [5.41, 5.74) is 3.81. The highest BCUT2D eigenvalue weighted by atomic mass is 32.2. The van der Waals surface area contributed by atoms with Gasteiger partial charge in [-0.05, 0) is 49.9 Å². The number of hydrogen-bond acceptors (Lipinski definition) is 6. The number of hydrogen-bond donors (Lipinski definition) is 1. The van der Waals surface area contributed by atoms with Gasteiger partial charge in [0, 0.05) is 31.6 Å². The van der Waals surface area contributed by atoms with Crippen molar-refractivity contribution in [1.82, 2.24) is 14.8 Å². The van der Waals surface area contributed by atoms with Gasteiger partial charge in [0.25, 0.3) is 0 Å². The van der Waals surface area contributed by atoms with Crippen molar-refractivity contribution in [3.05, 3.63) is 46.3 Å². The van der Waals surface area contributed by atoms with Gasteiger partial charge < -0.3 is 14.6 Å². The third-order valence-corrected chi connectivity index (χ3v) is 7.07. The molecule has 9 heteroatoms. The molecule has 1 aromatic carbocycles. The molecule has 0 unspecified atom stereocenters. The van der Waals surface area contributed by atoms with Crippen LogP contribution in [0.4, 0.5) is 0 Å². The summed E-state index contributed by atoms with van der Waals surface area (Å²) in [4.78, 5) is 12.1. The number of nitrogens with zero attached hydrogens (tertiary/aromatic N) is 2. The number of nitrogens with one attached hydrogen (secondary N) is 1. The van der Waals surface area contributed by atoms with Gasteiger partial charge in [-0.25, -0.2) is 8.42 Å². The number of benzene rings is 1. The molecule has 0 bridgehead atoms. The van der Waals surface area contributed by atoms with Gasteiger partial charge in [0.1, 0.15) is 11.5 Å². The van der Waals surface area contributed by atoms with Crippen LogP contribution in [0.1, 0.15) is 34.6 Å². The molecule has 0 atom stereocenters. The molecular weight excluding hydrogens is 394 g/mol. The molecule has 1 aliphatic heterocycles. The highest BCUT2D eigenvalue weighted by molar-refractivity contribution is 7.89. The lowest BCUT2D eigenvalue weighted by Gasteiger charge is -2.28. The number of aryl methyl sites for hydroxylation is 2. The van der Waals surface area contributed by atoms with E-state index in [2.05, 4.69) is 10.5 Å². The van der Waals surface area contributed by atoms with Crippen LogP contribution in [-0.4, -0.2) is 49.7 Å². The van der Waals surface area contributed by atoms with Crippen LogP contribution < -0.4 is 10.1 Å². The molecule has 0 saturated heterocycles. The number of sulfonamides is 1. The molecule has 1 aliphatic rings. The quantitative estimate of drug-likeness (QED) is 0.697. The zero-order valence-corrected chi connectivity index (χ0v) is 17.8. The van der Waals surface area contributed by atoms with Crippen LogP contribution in [-0.2, 0) is 34.2 Å². The first-order valence-electron chi connectivity index (χ1n) is 9.62. The van der Waals surface area contributed by atoms with Gasteiger partial charge in [0.05, 0.1) is 18.6 Å². The lowest BCUT2D eigenvalue weighted by atomic mass is 10.0. The van der Waals surface area contributed by atoms with Gasteiger partial charge in [-0.15, -0.1) is 0 Å². The topological polar surface area (TPSA) is 102 Å². The van der Waals surface area contributed by atoms with Crippen molar-refractivity contribution in [1.29, 1.82) is 0 Å². The van der Waals surface area contributed by atoms with Crippen molar-refractivity contribution in [3.8, 4) is 5.75 Å². The van der Waals surface area contributed by atoms with Crippen molar-refractivity contribution >= 4 is 15.9 Å². The number of carbonyl (C=O) groups excluding carboxylic acids is 1. The van der Waals surface area contributed by atoms with Crippen LogP contribution in [0.3, 0.4) is 0 Å². The van der Waals surface area contributed by atoms with Crippen molar-refractivity contribution in [2.75, 3.05) is 26.0 Å². The van der Waals surface area contributed by atoms with E-state index < -0.39 is 10.0 Å². The highest BCUT2D eigenvalue weighted by Gasteiger charge is 2.26. The number of rotatable bonds is 8. The summed E-state index contributed by atoms with van der Waals surface area (Å²) < 4.78 is 37.1. The minimum Gasteiger partial charge on any atom is -0.497 e. The molecule has 1 amide bonds. The van der Waals surface area contributed by atoms with Crippen molar-refractivity contribution in [2.45, 2.75) is 39.7 Å². The van der Waals surface area contributed by atoms with E-state index in [1.807, 2.05) is 32.0 Å². The number of ether oxygens (including phenoxy) is 1. The van der Waals surface area contributed by atoms with E-state index in [4.69, 9.17) is 9.26 Å². The Balaban J connectivity index is 1.48.